The van der Waals surface area contributed by atoms with E-state index >= 15 is 0 Å². The average Bonchev–Trinajstić information content (AvgIpc) is 2.82. The fourth-order valence-electron chi connectivity index (χ4n) is 2.21. The summed E-state index contributed by atoms with van der Waals surface area (Å²) >= 11 is 1.32. The zero-order chi connectivity index (χ0) is 14.5. The number of carbonyl (C=O) groups is 1. The Labute approximate surface area is 121 Å². The smallest absolute Gasteiger partial charge is 0.346 e. The van der Waals surface area contributed by atoms with Crippen LogP contribution in [0.4, 0.5) is 0 Å². The first kappa shape index (κ1) is 14.5. The van der Waals surface area contributed by atoms with Crippen LogP contribution in [0.15, 0.2) is 24.3 Å². The van der Waals surface area contributed by atoms with Crippen molar-refractivity contribution in [3.63, 3.8) is 0 Å². The van der Waals surface area contributed by atoms with Gasteiger partial charge in [0.2, 0.25) is 0 Å². The third-order valence-electron chi connectivity index (χ3n) is 3.26. The number of hydrogen-bond acceptors (Lipinski definition) is 4. The van der Waals surface area contributed by atoms with Gasteiger partial charge in [0.05, 0.1) is 6.07 Å². The number of carboxylic acid groups (broad SMARTS) is 1. The van der Waals surface area contributed by atoms with Crippen LogP contribution in [0.3, 0.4) is 0 Å². The highest BCUT2D eigenvalue weighted by molar-refractivity contribution is 7.21. The molecular weight excluding hydrogens is 272 g/mol. The van der Waals surface area contributed by atoms with E-state index in [4.69, 9.17) is 5.26 Å². The number of rotatable bonds is 6. The van der Waals surface area contributed by atoms with Crippen LogP contribution >= 0.6 is 11.3 Å². The Kier molecular flexibility index (Phi) is 4.72. The highest BCUT2D eigenvalue weighted by atomic mass is 32.1. The molecule has 2 rings (SSSR count). The molecule has 0 unspecified atom stereocenters. The SMILES string of the molecule is CCN(CCC#N)Cc1c(C(=O)O)sc2ccccc12. The second-order valence-electron chi connectivity index (χ2n) is 4.49. The zero-order valence-corrected chi connectivity index (χ0v) is 12.1. The van der Waals surface area contributed by atoms with Crippen molar-refractivity contribution in [2.45, 2.75) is 19.9 Å². The van der Waals surface area contributed by atoms with Gasteiger partial charge < -0.3 is 5.11 Å². The number of nitriles is 1. The number of carboxylic acids is 1. The van der Waals surface area contributed by atoms with Crippen molar-refractivity contribution in [2.24, 2.45) is 0 Å². The number of benzene rings is 1. The number of aromatic carboxylic acids is 1. The molecule has 0 aliphatic rings. The molecule has 0 spiro atoms. The van der Waals surface area contributed by atoms with Crippen molar-refractivity contribution in [2.75, 3.05) is 13.1 Å². The van der Waals surface area contributed by atoms with E-state index in [0.717, 1.165) is 22.2 Å². The molecule has 0 fully saturated rings. The molecule has 4 nitrogen and oxygen atoms in total. The summed E-state index contributed by atoms with van der Waals surface area (Å²) in [5.41, 5.74) is 0.859. The molecular formula is C15H16N2O2S. The predicted octanol–water partition coefficient (Wildman–Crippen LogP) is 3.34. The Balaban J connectivity index is 2.38. The molecule has 1 N–H and O–H groups in total. The van der Waals surface area contributed by atoms with Gasteiger partial charge in [-0.15, -0.1) is 11.3 Å². The molecule has 1 aromatic heterocycles. The highest BCUT2D eigenvalue weighted by Gasteiger charge is 2.19. The van der Waals surface area contributed by atoms with Gasteiger partial charge >= 0.3 is 5.97 Å². The minimum absolute atomic E-state index is 0.404. The molecule has 0 amide bonds. The Morgan fingerprint density at radius 1 is 1.45 bits per heavy atom. The van der Waals surface area contributed by atoms with Crippen LogP contribution in [0.25, 0.3) is 10.1 Å². The normalized spacial score (nSPS) is 10.8. The fourth-order valence-corrected chi connectivity index (χ4v) is 3.26. The van der Waals surface area contributed by atoms with Crippen LogP contribution in [-0.4, -0.2) is 29.1 Å². The topological polar surface area (TPSA) is 64.3 Å². The fraction of sp³-hybridized carbons (Fsp3) is 0.333. The maximum Gasteiger partial charge on any atom is 0.346 e. The maximum absolute atomic E-state index is 11.4. The summed E-state index contributed by atoms with van der Waals surface area (Å²) < 4.78 is 0.997. The van der Waals surface area contributed by atoms with E-state index in [1.165, 1.54) is 11.3 Å². The van der Waals surface area contributed by atoms with Gasteiger partial charge in [-0.25, -0.2) is 4.79 Å². The van der Waals surface area contributed by atoms with Gasteiger partial charge in [0, 0.05) is 24.2 Å². The first-order chi connectivity index (χ1) is 9.67. The van der Waals surface area contributed by atoms with E-state index in [0.29, 0.717) is 24.4 Å². The predicted molar refractivity (Wildman–Crippen MR) is 80.0 cm³/mol. The monoisotopic (exact) mass is 288 g/mol. The second kappa shape index (κ2) is 6.51. The van der Waals surface area contributed by atoms with E-state index in [2.05, 4.69) is 11.0 Å². The number of hydrogen-bond donors (Lipinski definition) is 1. The van der Waals surface area contributed by atoms with Crippen molar-refractivity contribution in [1.29, 1.82) is 5.26 Å². The van der Waals surface area contributed by atoms with E-state index < -0.39 is 5.97 Å². The number of nitrogens with zero attached hydrogens (tertiary/aromatic N) is 2. The summed E-state index contributed by atoms with van der Waals surface area (Å²) in [5.74, 6) is -0.877. The van der Waals surface area contributed by atoms with Gasteiger partial charge in [0.25, 0.3) is 0 Å². The lowest BCUT2D eigenvalue weighted by Crippen LogP contribution is -2.24. The second-order valence-corrected chi connectivity index (χ2v) is 5.54. The van der Waals surface area contributed by atoms with Gasteiger partial charge in [-0.2, -0.15) is 5.26 Å². The van der Waals surface area contributed by atoms with Crippen molar-refractivity contribution >= 4 is 27.4 Å². The molecule has 20 heavy (non-hydrogen) atoms. The van der Waals surface area contributed by atoms with Gasteiger partial charge in [0.15, 0.2) is 0 Å². The van der Waals surface area contributed by atoms with Crippen molar-refractivity contribution in [3.8, 4) is 6.07 Å². The van der Waals surface area contributed by atoms with E-state index in [9.17, 15) is 9.90 Å². The van der Waals surface area contributed by atoms with Crippen molar-refractivity contribution in [3.05, 3.63) is 34.7 Å². The van der Waals surface area contributed by atoms with Crippen LogP contribution in [0.5, 0.6) is 0 Å². The van der Waals surface area contributed by atoms with E-state index in [1.807, 2.05) is 31.2 Å². The zero-order valence-electron chi connectivity index (χ0n) is 11.3. The summed E-state index contributed by atoms with van der Waals surface area (Å²) in [5, 5.41) is 19.1. The lowest BCUT2D eigenvalue weighted by atomic mass is 10.1. The Bertz CT molecular complexity index is 657. The van der Waals surface area contributed by atoms with Gasteiger partial charge in [-0.3, -0.25) is 4.90 Å². The molecule has 0 saturated heterocycles. The maximum atomic E-state index is 11.4. The van der Waals surface area contributed by atoms with Crippen LogP contribution in [0.2, 0.25) is 0 Å². The minimum atomic E-state index is -0.877. The molecule has 0 bridgehead atoms. The molecule has 5 heteroatoms. The summed E-state index contributed by atoms with van der Waals surface area (Å²) in [4.78, 5) is 13.9. The Morgan fingerprint density at radius 3 is 2.85 bits per heavy atom. The lowest BCUT2D eigenvalue weighted by Gasteiger charge is -2.19. The molecule has 0 aliphatic carbocycles. The van der Waals surface area contributed by atoms with Crippen molar-refractivity contribution < 1.29 is 9.90 Å². The summed E-state index contributed by atoms with van der Waals surface area (Å²) in [6, 6.07) is 9.89. The van der Waals surface area contributed by atoms with Crippen LogP contribution in [0, 0.1) is 11.3 Å². The Morgan fingerprint density at radius 2 is 2.20 bits per heavy atom. The van der Waals surface area contributed by atoms with Gasteiger partial charge in [-0.05, 0) is 23.6 Å². The van der Waals surface area contributed by atoms with Crippen LogP contribution < -0.4 is 0 Å². The average molecular weight is 288 g/mol. The molecule has 0 saturated carbocycles. The third kappa shape index (κ3) is 2.98. The summed E-state index contributed by atoms with van der Waals surface area (Å²) in [7, 11) is 0. The molecule has 0 atom stereocenters. The van der Waals surface area contributed by atoms with E-state index in [1.54, 1.807) is 0 Å². The van der Waals surface area contributed by atoms with Crippen LogP contribution in [0.1, 0.15) is 28.6 Å². The van der Waals surface area contributed by atoms with Crippen molar-refractivity contribution in [1.82, 2.24) is 4.90 Å². The lowest BCUT2D eigenvalue weighted by molar-refractivity contribution is 0.0700. The van der Waals surface area contributed by atoms with Crippen LogP contribution in [-0.2, 0) is 6.54 Å². The minimum Gasteiger partial charge on any atom is -0.477 e. The Hall–Kier alpha value is -1.90. The first-order valence-electron chi connectivity index (χ1n) is 6.50. The number of thiophene rings is 1. The highest BCUT2D eigenvalue weighted by Crippen LogP contribution is 2.32. The van der Waals surface area contributed by atoms with E-state index in [-0.39, 0.29) is 0 Å². The quantitative estimate of drug-likeness (QED) is 0.885. The molecule has 0 aliphatic heterocycles. The number of fused-ring (bicyclic) bond motifs is 1. The van der Waals surface area contributed by atoms with Gasteiger partial charge in [-0.1, -0.05) is 25.1 Å². The third-order valence-corrected chi connectivity index (χ3v) is 4.46. The van der Waals surface area contributed by atoms with Gasteiger partial charge in [0.1, 0.15) is 4.88 Å². The summed E-state index contributed by atoms with van der Waals surface area (Å²) in [6.07, 6.45) is 0.457. The molecule has 104 valence electrons. The molecule has 0 radical (unpaired) electrons. The molecule has 1 aromatic carbocycles. The first-order valence-corrected chi connectivity index (χ1v) is 7.32. The molecule has 1 heterocycles. The largest absolute Gasteiger partial charge is 0.477 e. The standard InChI is InChI=1S/C15H16N2O2S/c1-2-17(9-5-8-16)10-12-11-6-3-4-7-13(11)20-14(12)15(18)19/h3-4,6-7H,2,5,9-10H2,1H3,(H,18,19). The molecule has 2 aromatic rings. The summed E-state index contributed by atoms with van der Waals surface area (Å²) in [6.45, 7) is 4.05.